The third-order valence-electron chi connectivity index (χ3n) is 5.84. The van der Waals surface area contributed by atoms with Gasteiger partial charge in [-0.25, -0.2) is 4.79 Å². The lowest BCUT2D eigenvalue weighted by Crippen LogP contribution is -2.48. The number of nitrogens with one attached hydrogen (secondary N) is 3. The first-order chi connectivity index (χ1) is 10.9. The zero-order chi connectivity index (χ0) is 16.6. The van der Waals surface area contributed by atoms with Gasteiger partial charge in [-0.2, -0.15) is 0 Å². The quantitative estimate of drug-likeness (QED) is 0.512. The van der Waals surface area contributed by atoms with Gasteiger partial charge < -0.3 is 10.6 Å². The summed E-state index contributed by atoms with van der Waals surface area (Å²) in [7, 11) is 0. The highest BCUT2D eigenvalue weighted by Gasteiger charge is 2.50. The minimum absolute atomic E-state index is 0.0684. The molecular weight excluding hydrogens is 294 g/mol. The molecule has 126 valence electrons. The van der Waals surface area contributed by atoms with Crippen molar-refractivity contribution >= 4 is 17.8 Å². The van der Waals surface area contributed by atoms with E-state index in [0.29, 0.717) is 24.3 Å². The zero-order valence-corrected chi connectivity index (χ0v) is 13.8. The van der Waals surface area contributed by atoms with Gasteiger partial charge in [0.15, 0.2) is 0 Å². The number of hydrogen-bond donors (Lipinski definition) is 3. The Labute approximate surface area is 136 Å². The molecule has 23 heavy (non-hydrogen) atoms. The fourth-order valence-corrected chi connectivity index (χ4v) is 4.13. The first-order valence-corrected chi connectivity index (χ1v) is 8.45. The van der Waals surface area contributed by atoms with E-state index < -0.39 is 12.1 Å². The molecule has 0 aromatic heterocycles. The van der Waals surface area contributed by atoms with Crippen molar-refractivity contribution in [3.05, 3.63) is 11.6 Å². The highest BCUT2D eigenvalue weighted by atomic mass is 16.2. The zero-order valence-electron chi connectivity index (χ0n) is 13.8. The Balaban J connectivity index is 1.36. The summed E-state index contributed by atoms with van der Waals surface area (Å²) in [4.78, 5) is 34.3. The van der Waals surface area contributed by atoms with Gasteiger partial charge in [0.25, 0.3) is 5.91 Å². The van der Waals surface area contributed by atoms with Crippen LogP contribution in [0.3, 0.4) is 0 Å². The first-order valence-electron chi connectivity index (χ1n) is 8.45. The van der Waals surface area contributed by atoms with Crippen LogP contribution in [0.15, 0.2) is 11.6 Å². The van der Waals surface area contributed by atoms with Crippen LogP contribution in [-0.2, 0) is 9.59 Å². The molecule has 1 heterocycles. The molecule has 3 N–H and O–H groups in total. The molecule has 4 aliphatic rings. The average Bonchev–Trinajstić information content (AvgIpc) is 2.83. The van der Waals surface area contributed by atoms with Gasteiger partial charge in [0.2, 0.25) is 5.91 Å². The Morgan fingerprint density at radius 2 is 2.17 bits per heavy atom. The summed E-state index contributed by atoms with van der Waals surface area (Å²) in [6, 6.07) is -1.06. The summed E-state index contributed by atoms with van der Waals surface area (Å²) in [5.74, 6) is 1.09. The average molecular weight is 319 g/mol. The fourth-order valence-electron chi connectivity index (χ4n) is 4.13. The summed E-state index contributed by atoms with van der Waals surface area (Å²) in [6.07, 6.45) is 6.31. The molecule has 2 fully saturated rings. The summed E-state index contributed by atoms with van der Waals surface area (Å²) in [5.41, 5.74) is 1.91. The summed E-state index contributed by atoms with van der Waals surface area (Å²) in [6.45, 7) is 5.34. The molecule has 1 aliphatic heterocycles. The molecule has 2 bridgehead atoms. The lowest BCUT2D eigenvalue weighted by Gasteiger charge is -2.56. The minimum atomic E-state index is -0.581. The number of imide groups is 1. The maximum atomic E-state index is 11.9. The molecule has 4 rings (SSSR count). The third-order valence-corrected chi connectivity index (χ3v) is 5.84. The second-order valence-corrected chi connectivity index (χ2v) is 7.48. The van der Waals surface area contributed by atoms with Crippen molar-refractivity contribution in [2.45, 2.75) is 52.0 Å². The van der Waals surface area contributed by atoms with Crippen LogP contribution < -0.4 is 16.0 Å². The molecule has 6 nitrogen and oxygen atoms in total. The second kappa shape index (κ2) is 5.98. The van der Waals surface area contributed by atoms with E-state index in [2.05, 4.69) is 35.9 Å². The largest absolute Gasteiger partial charge is 0.356 e. The maximum Gasteiger partial charge on any atom is 0.322 e. The number of amides is 4. The van der Waals surface area contributed by atoms with Crippen LogP contribution in [-0.4, -0.2) is 30.4 Å². The van der Waals surface area contributed by atoms with Gasteiger partial charge >= 0.3 is 6.03 Å². The van der Waals surface area contributed by atoms with Crippen LogP contribution in [0.2, 0.25) is 0 Å². The molecule has 0 aromatic carbocycles. The van der Waals surface area contributed by atoms with Crippen LogP contribution in [0.1, 0.15) is 46.0 Å². The van der Waals surface area contributed by atoms with Gasteiger partial charge in [-0.05, 0) is 42.9 Å². The van der Waals surface area contributed by atoms with Crippen molar-refractivity contribution in [3.63, 3.8) is 0 Å². The summed E-state index contributed by atoms with van der Waals surface area (Å²) >= 11 is 0. The van der Waals surface area contributed by atoms with E-state index in [9.17, 15) is 14.4 Å². The predicted octanol–water partition coefficient (Wildman–Crippen LogP) is 1.47. The van der Waals surface area contributed by atoms with E-state index in [-0.39, 0.29) is 18.2 Å². The van der Waals surface area contributed by atoms with E-state index in [1.54, 1.807) is 0 Å². The smallest absolute Gasteiger partial charge is 0.322 e. The molecule has 6 heteroatoms. The fraction of sp³-hybridized carbons (Fsp3) is 0.706. The molecule has 0 spiro atoms. The van der Waals surface area contributed by atoms with Gasteiger partial charge in [-0.3, -0.25) is 14.9 Å². The molecular formula is C17H25N3O3. The van der Waals surface area contributed by atoms with E-state index in [1.807, 2.05) is 0 Å². The standard InChI is InChI=1S/C17H25N3O3/c1-17(2)11-4-3-10(12(17)9-11)7-8-18-14(21)6-5-13-15(22)20-16(23)19-13/h3,11-13H,4-9H2,1-2H3,(H,18,21)(H2,19,20,22,23). The number of carbonyl (C=O) groups is 3. The van der Waals surface area contributed by atoms with Crippen LogP contribution in [0.5, 0.6) is 0 Å². The number of hydrogen-bond acceptors (Lipinski definition) is 3. The number of fused-ring (bicyclic) bond motifs is 1. The molecule has 0 aromatic rings. The Morgan fingerprint density at radius 1 is 1.39 bits per heavy atom. The maximum absolute atomic E-state index is 11.9. The molecule has 4 amide bonds. The number of urea groups is 1. The highest BCUT2D eigenvalue weighted by Crippen LogP contribution is 2.59. The Kier molecular flexibility index (Phi) is 4.17. The van der Waals surface area contributed by atoms with Gasteiger partial charge in [0.1, 0.15) is 6.04 Å². The normalized spacial score (nSPS) is 30.9. The molecule has 3 unspecified atom stereocenters. The van der Waals surface area contributed by atoms with Crippen molar-refractivity contribution in [1.82, 2.24) is 16.0 Å². The topological polar surface area (TPSA) is 87.3 Å². The number of allylic oxidation sites excluding steroid dienone is 1. The number of rotatable bonds is 6. The van der Waals surface area contributed by atoms with Crippen molar-refractivity contribution in [1.29, 1.82) is 0 Å². The summed E-state index contributed by atoms with van der Waals surface area (Å²) in [5, 5.41) is 7.58. The van der Waals surface area contributed by atoms with E-state index >= 15 is 0 Å². The molecule has 3 atom stereocenters. The van der Waals surface area contributed by atoms with Gasteiger partial charge in [-0.15, -0.1) is 0 Å². The Hall–Kier alpha value is -1.85. The molecule has 1 saturated heterocycles. The van der Waals surface area contributed by atoms with Crippen LogP contribution in [0, 0.1) is 17.3 Å². The predicted molar refractivity (Wildman–Crippen MR) is 85.4 cm³/mol. The van der Waals surface area contributed by atoms with Crippen molar-refractivity contribution < 1.29 is 14.4 Å². The van der Waals surface area contributed by atoms with Crippen molar-refractivity contribution in [2.75, 3.05) is 6.54 Å². The van der Waals surface area contributed by atoms with E-state index in [1.165, 1.54) is 18.4 Å². The van der Waals surface area contributed by atoms with Crippen molar-refractivity contribution in [3.8, 4) is 0 Å². The minimum Gasteiger partial charge on any atom is -0.356 e. The Bertz CT molecular complexity index is 567. The van der Waals surface area contributed by atoms with Gasteiger partial charge in [-0.1, -0.05) is 25.5 Å². The summed E-state index contributed by atoms with van der Waals surface area (Å²) < 4.78 is 0. The molecule has 0 radical (unpaired) electrons. The van der Waals surface area contributed by atoms with Gasteiger partial charge in [0, 0.05) is 13.0 Å². The lowest BCUT2D eigenvalue weighted by atomic mass is 9.48. The van der Waals surface area contributed by atoms with Crippen LogP contribution >= 0.6 is 0 Å². The highest BCUT2D eigenvalue weighted by molar-refractivity contribution is 6.04. The van der Waals surface area contributed by atoms with Gasteiger partial charge in [0.05, 0.1) is 0 Å². The molecule has 3 aliphatic carbocycles. The van der Waals surface area contributed by atoms with E-state index in [4.69, 9.17) is 0 Å². The first kappa shape index (κ1) is 16.0. The third kappa shape index (κ3) is 3.12. The Morgan fingerprint density at radius 3 is 2.78 bits per heavy atom. The number of carbonyl (C=O) groups excluding carboxylic acids is 3. The van der Waals surface area contributed by atoms with Crippen LogP contribution in [0.4, 0.5) is 4.79 Å². The van der Waals surface area contributed by atoms with Crippen molar-refractivity contribution in [2.24, 2.45) is 17.3 Å². The SMILES string of the molecule is CC1(C)C2CC=C(CCNC(=O)CCC3NC(=O)NC3=O)C1C2. The van der Waals surface area contributed by atoms with Crippen LogP contribution in [0.25, 0.3) is 0 Å². The second-order valence-electron chi connectivity index (χ2n) is 7.48. The van der Waals surface area contributed by atoms with E-state index in [0.717, 1.165) is 12.3 Å². The molecule has 1 saturated carbocycles. The monoisotopic (exact) mass is 319 g/mol. The lowest BCUT2D eigenvalue weighted by molar-refractivity contribution is -0.122.